The Morgan fingerprint density at radius 3 is 2.56 bits per heavy atom. The van der Waals surface area contributed by atoms with Gasteiger partial charge < -0.3 is 4.57 Å². The number of hydrogen-bond donors (Lipinski definition) is 0. The second-order valence-electron chi connectivity index (χ2n) is 9.02. The first-order valence-corrected chi connectivity index (χ1v) is 11.9. The largest absolute Gasteiger partial charge is 0.335 e. The average Bonchev–Trinajstić information content (AvgIpc) is 3.60. The van der Waals surface area contributed by atoms with Gasteiger partial charge in [0.05, 0.1) is 30.0 Å². The number of pyridine rings is 2. The fourth-order valence-corrected chi connectivity index (χ4v) is 5.04. The van der Waals surface area contributed by atoms with E-state index in [1.807, 2.05) is 64.7 Å². The number of imidazole rings is 2. The summed E-state index contributed by atoms with van der Waals surface area (Å²) >= 11 is 0. The fraction of sp³-hybridized carbons (Fsp3) is 0.222. The van der Waals surface area contributed by atoms with Crippen LogP contribution in [-0.2, 0) is 13.6 Å². The molecule has 36 heavy (non-hydrogen) atoms. The Kier molecular flexibility index (Phi) is 5.43. The normalized spacial score (nSPS) is 15.9. The third-order valence-electron chi connectivity index (χ3n) is 6.95. The van der Waals surface area contributed by atoms with Gasteiger partial charge in [0.2, 0.25) is 0 Å². The molecule has 1 atom stereocenters. The highest BCUT2D eigenvalue weighted by molar-refractivity contribution is 5.74. The number of rotatable bonds is 5. The first kappa shape index (κ1) is 21.9. The van der Waals surface area contributed by atoms with Crippen LogP contribution in [0.5, 0.6) is 0 Å². The molecule has 0 saturated carbocycles. The molecule has 0 bridgehead atoms. The Morgan fingerprint density at radius 1 is 1.03 bits per heavy atom. The van der Waals surface area contributed by atoms with E-state index in [-0.39, 0.29) is 11.7 Å². The third kappa shape index (κ3) is 3.68. The first-order valence-electron chi connectivity index (χ1n) is 11.9. The van der Waals surface area contributed by atoms with Crippen LogP contribution in [0.25, 0.3) is 28.0 Å². The lowest BCUT2D eigenvalue weighted by molar-refractivity contribution is 0.304. The van der Waals surface area contributed by atoms with Crippen molar-refractivity contribution in [3.63, 3.8) is 0 Å². The highest BCUT2D eigenvalue weighted by atomic mass is 16.2. The zero-order chi connectivity index (χ0) is 24.6. The molecule has 0 spiro atoms. The average molecular weight is 477 g/mol. The SMILES string of the molecule is Cn1c(C#N)cnc1CN1CC[C@H](n2c(=O)n(-c3ccc(-c4ccncc4)cc3)c3cccnc32)C1. The number of nitrogens with zero attached hydrogens (tertiary/aromatic N) is 8. The van der Waals surface area contributed by atoms with Crippen molar-refractivity contribution >= 4 is 11.2 Å². The number of benzene rings is 1. The molecule has 6 rings (SSSR count). The lowest BCUT2D eigenvalue weighted by atomic mass is 10.1. The van der Waals surface area contributed by atoms with E-state index < -0.39 is 0 Å². The molecular weight excluding hydrogens is 452 g/mol. The van der Waals surface area contributed by atoms with Gasteiger partial charge in [0.15, 0.2) is 5.65 Å². The number of fused-ring (bicyclic) bond motifs is 1. The van der Waals surface area contributed by atoms with Crippen LogP contribution < -0.4 is 5.69 Å². The quantitative estimate of drug-likeness (QED) is 0.386. The van der Waals surface area contributed by atoms with E-state index in [2.05, 4.69) is 25.9 Å². The summed E-state index contributed by atoms with van der Waals surface area (Å²) in [7, 11) is 1.86. The number of aromatic nitrogens is 6. The van der Waals surface area contributed by atoms with Crippen molar-refractivity contribution in [3.05, 3.63) is 95.3 Å². The molecule has 1 fully saturated rings. The molecule has 5 aromatic rings. The highest BCUT2D eigenvalue weighted by Crippen LogP contribution is 2.27. The Morgan fingerprint density at radius 2 is 1.81 bits per heavy atom. The van der Waals surface area contributed by atoms with E-state index in [0.717, 1.165) is 41.1 Å². The number of likely N-dealkylation sites (tertiary alicyclic amines) is 1. The van der Waals surface area contributed by atoms with Gasteiger partial charge in [-0.15, -0.1) is 0 Å². The van der Waals surface area contributed by atoms with Crippen molar-refractivity contribution < 1.29 is 0 Å². The Balaban J connectivity index is 1.32. The summed E-state index contributed by atoms with van der Waals surface area (Å²) in [4.78, 5) is 29.2. The molecule has 5 heterocycles. The molecule has 4 aromatic heterocycles. The van der Waals surface area contributed by atoms with E-state index in [0.29, 0.717) is 24.4 Å². The van der Waals surface area contributed by atoms with Crippen molar-refractivity contribution in [3.8, 4) is 22.9 Å². The van der Waals surface area contributed by atoms with E-state index in [1.54, 1.807) is 29.4 Å². The maximum Gasteiger partial charge on any atom is 0.335 e. The van der Waals surface area contributed by atoms with Crippen molar-refractivity contribution in [2.75, 3.05) is 13.1 Å². The second kappa shape index (κ2) is 8.91. The van der Waals surface area contributed by atoms with Gasteiger partial charge in [0.25, 0.3) is 0 Å². The molecule has 1 aromatic carbocycles. The standard InChI is InChI=1S/C27H24N8O/c1-32-23(15-28)16-31-25(32)18-33-14-10-22(17-33)35-26-24(3-2-11-30-26)34(27(35)36)21-6-4-19(5-7-21)20-8-12-29-13-9-20/h2-9,11-13,16,22H,10,14,17-18H2,1H3/t22-/m0/s1. The molecule has 0 N–H and O–H groups in total. The summed E-state index contributed by atoms with van der Waals surface area (Å²) in [6, 6.07) is 17.9. The van der Waals surface area contributed by atoms with Crippen LogP contribution in [0.4, 0.5) is 0 Å². The molecule has 9 nitrogen and oxygen atoms in total. The van der Waals surface area contributed by atoms with Crippen molar-refractivity contribution in [1.82, 2.24) is 33.6 Å². The first-order chi connectivity index (χ1) is 17.6. The van der Waals surface area contributed by atoms with Crippen LogP contribution in [0, 0.1) is 11.3 Å². The van der Waals surface area contributed by atoms with E-state index in [9.17, 15) is 10.1 Å². The maximum atomic E-state index is 13.8. The summed E-state index contributed by atoms with van der Waals surface area (Å²) in [6.45, 7) is 2.18. The zero-order valence-corrected chi connectivity index (χ0v) is 19.8. The van der Waals surface area contributed by atoms with E-state index in [4.69, 9.17) is 0 Å². The van der Waals surface area contributed by atoms with Gasteiger partial charge in [-0.25, -0.2) is 14.8 Å². The van der Waals surface area contributed by atoms with Gasteiger partial charge in [-0.3, -0.25) is 19.0 Å². The van der Waals surface area contributed by atoms with E-state index >= 15 is 0 Å². The van der Waals surface area contributed by atoms with Crippen LogP contribution >= 0.6 is 0 Å². The topological polar surface area (TPSA) is 97.6 Å². The lowest BCUT2D eigenvalue weighted by Gasteiger charge is -2.16. The summed E-state index contributed by atoms with van der Waals surface area (Å²) in [5, 5.41) is 9.21. The Hall–Kier alpha value is -4.55. The monoisotopic (exact) mass is 476 g/mol. The summed E-state index contributed by atoms with van der Waals surface area (Å²) in [5.41, 5.74) is 4.89. The molecule has 1 saturated heterocycles. The van der Waals surface area contributed by atoms with E-state index in [1.165, 1.54) is 0 Å². The molecule has 1 aliphatic rings. The molecule has 0 unspecified atom stereocenters. The molecule has 0 aliphatic carbocycles. The highest BCUT2D eigenvalue weighted by Gasteiger charge is 2.29. The van der Waals surface area contributed by atoms with Crippen LogP contribution in [0.1, 0.15) is 24.0 Å². The molecule has 1 aliphatic heterocycles. The van der Waals surface area contributed by atoms with Gasteiger partial charge in [0, 0.05) is 38.7 Å². The van der Waals surface area contributed by atoms with Gasteiger partial charge in [-0.05, 0) is 53.9 Å². The summed E-state index contributed by atoms with van der Waals surface area (Å²) in [6.07, 6.45) is 7.72. The Bertz CT molecular complexity index is 1640. The van der Waals surface area contributed by atoms with Crippen LogP contribution in [0.15, 0.2) is 78.1 Å². The summed E-state index contributed by atoms with van der Waals surface area (Å²) < 4.78 is 5.41. The molecular formula is C27H24N8O. The minimum atomic E-state index is -0.0871. The number of nitriles is 1. The minimum Gasteiger partial charge on any atom is -0.322 e. The third-order valence-corrected chi connectivity index (χ3v) is 6.95. The van der Waals surface area contributed by atoms with Crippen molar-refractivity contribution in [2.24, 2.45) is 7.05 Å². The smallest absolute Gasteiger partial charge is 0.322 e. The number of hydrogen-bond acceptors (Lipinski definition) is 6. The molecule has 0 radical (unpaired) electrons. The van der Waals surface area contributed by atoms with Gasteiger partial charge in [-0.1, -0.05) is 12.1 Å². The predicted octanol–water partition coefficient (Wildman–Crippen LogP) is 3.30. The van der Waals surface area contributed by atoms with Gasteiger partial charge in [0.1, 0.15) is 17.6 Å². The van der Waals surface area contributed by atoms with Gasteiger partial charge >= 0.3 is 5.69 Å². The molecule has 9 heteroatoms. The minimum absolute atomic E-state index is 0.00273. The van der Waals surface area contributed by atoms with Crippen molar-refractivity contribution in [1.29, 1.82) is 5.26 Å². The zero-order valence-electron chi connectivity index (χ0n) is 19.8. The van der Waals surface area contributed by atoms with Crippen LogP contribution in [0.2, 0.25) is 0 Å². The fourth-order valence-electron chi connectivity index (χ4n) is 5.04. The maximum absolute atomic E-state index is 13.8. The van der Waals surface area contributed by atoms with Gasteiger partial charge in [-0.2, -0.15) is 5.26 Å². The lowest BCUT2D eigenvalue weighted by Crippen LogP contribution is -2.29. The second-order valence-corrected chi connectivity index (χ2v) is 9.02. The predicted molar refractivity (Wildman–Crippen MR) is 135 cm³/mol. The Labute approximate surface area is 207 Å². The van der Waals surface area contributed by atoms with Crippen LogP contribution in [-0.4, -0.2) is 46.6 Å². The van der Waals surface area contributed by atoms with Crippen molar-refractivity contribution in [2.45, 2.75) is 19.0 Å². The summed E-state index contributed by atoms with van der Waals surface area (Å²) in [5.74, 6) is 0.842. The molecule has 178 valence electrons. The van der Waals surface area contributed by atoms with Crippen LogP contribution in [0.3, 0.4) is 0 Å². The molecule has 0 amide bonds.